The van der Waals surface area contributed by atoms with Crippen LogP contribution in [0.2, 0.25) is 0 Å². The largest absolute Gasteiger partial charge is 0.526 e. The molecule has 0 aliphatic rings. The van der Waals surface area contributed by atoms with Crippen molar-refractivity contribution in [3.8, 4) is 0 Å². The minimum Gasteiger partial charge on any atom is -0.437 e. The Kier molecular flexibility index (Phi) is 3.62. The predicted molar refractivity (Wildman–Crippen MR) is 26.0 cm³/mol. The molecule has 0 amide bonds. The van der Waals surface area contributed by atoms with E-state index in [-0.39, 0.29) is 6.47 Å². The Balaban J connectivity index is 3.57. The second-order valence-corrected chi connectivity index (χ2v) is 1.02. The molecule has 56 valence electrons. The zero-order valence-electron chi connectivity index (χ0n) is 5.03. The van der Waals surface area contributed by atoms with E-state index in [0.29, 0.717) is 0 Å². The van der Waals surface area contributed by atoms with Crippen molar-refractivity contribution in [1.82, 2.24) is 0 Å². The topological polar surface area (TPSA) is 78.9 Å². The lowest BCUT2D eigenvalue weighted by Gasteiger charge is -1.95. The molecule has 0 heterocycles. The Bertz CT molecular complexity index is 150. The summed E-state index contributed by atoms with van der Waals surface area (Å²) in [7, 11) is 1.01. The first-order valence-corrected chi connectivity index (χ1v) is 2.10. The van der Waals surface area contributed by atoms with Crippen molar-refractivity contribution in [2.75, 3.05) is 7.11 Å². The van der Waals surface area contributed by atoms with E-state index in [1.165, 1.54) is 0 Å². The van der Waals surface area contributed by atoms with Gasteiger partial charge in [0.15, 0.2) is 0 Å². The molecule has 6 heteroatoms. The van der Waals surface area contributed by atoms with Gasteiger partial charge in [0.1, 0.15) is 0 Å². The molecule has 0 spiro atoms. The van der Waals surface area contributed by atoms with Crippen LogP contribution in [0.5, 0.6) is 0 Å². The summed E-state index contributed by atoms with van der Waals surface area (Å²) < 4.78 is 11.1. The Morgan fingerprint density at radius 2 is 1.90 bits per heavy atom. The highest BCUT2D eigenvalue weighted by Crippen LogP contribution is 1.85. The fraction of sp³-hybridized carbons (Fsp3) is 0.250. The molecule has 0 N–H and O–H groups in total. The third-order valence-corrected chi connectivity index (χ3v) is 0.478. The van der Waals surface area contributed by atoms with Gasteiger partial charge in [-0.2, -0.15) is 0 Å². The van der Waals surface area contributed by atoms with E-state index in [1.807, 2.05) is 0 Å². The second kappa shape index (κ2) is 4.30. The Hall–Kier alpha value is -1.59. The van der Waals surface area contributed by atoms with Crippen molar-refractivity contribution in [2.45, 2.75) is 0 Å². The van der Waals surface area contributed by atoms with Crippen LogP contribution in [0.25, 0.3) is 0 Å². The van der Waals surface area contributed by atoms with Crippen LogP contribution in [0, 0.1) is 0 Å². The van der Waals surface area contributed by atoms with Crippen molar-refractivity contribution in [1.29, 1.82) is 0 Å². The molecule has 0 aromatic rings. The zero-order chi connectivity index (χ0) is 7.98. The van der Waals surface area contributed by atoms with Crippen molar-refractivity contribution in [2.24, 2.45) is 0 Å². The van der Waals surface area contributed by atoms with E-state index < -0.39 is 12.3 Å². The predicted octanol–water partition coefficient (Wildman–Crippen LogP) is 0.0624. The van der Waals surface area contributed by atoms with Crippen LogP contribution in [-0.4, -0.2) is 25.9 Å². The zero-order valence-corrected chi connectivity index (χ0v) is 5.03. The highest BCUT2D eigenvalue weighted by atomic mass is 16.8. The van der Waals surface area contributed by atoms with Gasteiger partial charge >= 0.3 is 18.8 Å². The second-order valence-electron chi connectivity index (χ2n) is 1.02. The van der Waals surface area contributed by atoms with Crippen LogP contribution >= 0.6 is 0 Å². The first-order valence-electron chi connectivity index (χ1n) is 2.10. The lowest BCUT2D eigenvalue weighted by Crippen LogP contribution is -2.12. The number of ether oxygens (including phenoxy) is 3. The number of carbonyl (C=O) groups is 3. The molecule has 0 saturated carbocycles. The van der Waals surface area contributed by atoms with Gasteiger partial charge in [0.05, 0.1) is 7.11 Å². The number of methoxy groups -OCH3 is 1. The molecule has 0 bridgehead atoms. The molecule has 10 heavy (non-hydrogen) atoms. The monoisotopic (exact) mass is 148 g/mol. The summed E-state index contributed by atoms with van der Waals surface area (Å²) in [6.45, 7) is -0.161. The third-order valence-electron chi connectivity index (χ3n) is 0.478. The van der Waals surface area contributed by atoms with E-state index in [2.05, 4.69) is 14.2 Å². The lowest BCUT2D eigenvalue weighted by atomic mass is 11.2. The van der Waals surface area contributed by atoms with E-state index in [9.17, 15) is 14.4 Å². The van der Waals surface area contributed by atoms with Crippen molar-refractivity contribution >= 4 is 18.8 Å². The van der Waals surface area contributed by atoms with Crippen LogP contribution in [0.3, 0.4) is 0 Å². The summed E-state index contributed by atoms with van der Waals surface area (Å²) in [4.78, 5) is 29.5. The molecule has 6 nitrogen and oxygen atoms in total. The third kappa shape index (κ3) is 3.42. The molecule has 0 unspecified atom stereocenters. The van der Waals surface area contributed by atoms with Gasteiger partial charge < -0.3 is 14.2 Å². The molecule has 0 saturated heterocycles. The minimum absolute atomic E-state index is 0.161. The average molecular weight is 148 g/mol. The van der Waals surface area contributed by atoms with Gasteiger partial charge in [-0.15, -0.1) is 0 Å². The van der Waals surface area contributed by atoms with E-state index in [1.54, 1.807) is 0 Å². The fourth-order valence-corrected chi connectivity index (χ4v) is 0.173. The molecule has 0 aromatic carbocycles. The van der Waals surface area contributed by atoms with Gasteiger partial charge in [0.25, 0.3) is 0 Å². The van der Waals surface area contributed by atoms with Crippen LogP contribution in [0.15, 0.2) is 0 Å². The minimum atomic E-state index is -1.41. The first-order chi connectivity index (χ1) is 4.70. The van der Waals surface area contributed by atoms with Gasteiger partial charge in [0, 0.05) is 0 Å². The average Bonchev–Trinajstić information content (AvgIpc) is 1.88. The van der Waals surface area contributed by atoms with E-state index in [0.717, 1.165) is 7.11 Å². The maximum atomic E-state index is 10.0. The molecule has 0 atom stereocenters. The highest BCUT2D eigenvalue weighted by Gasteiger charge is 2.09. The number of hydrogen-bond donors (Lipinski definition) is 0. The van der Waals surface area contributed by atoms with Crippen LogP contribution in [-0.2, 0) is 19.0 Å². The molecule has 0 fully saturated rings. The Morgan fingerprint density at radius 3 is 2.30 bits per heavy atom. The molecule has 0 rings (SSSR count). The summed E-state index contributed by atoms with van der Waals surface area (Å²) in [5, 5.41) is 0. The summed E-state index contributed by atoms with van der Waals surface area (Å²) in [6, 6.07) is 0. The number of hydrogen-bond acceptors (Lipinski definition) is 6. The van der Waals surface area contributed by atoms with E-state index >= 15 is 0 Å². The summed E-state index contributed by atoms with van der Waals surface area (Å²) in [6.07, 6.45) is -2.64. The summed E-state index contributed by atoms with van der Waals surface area (Å²) in [5.74, 6) is 0. The smallest absolute Gasteiger partial charge is 0.437 e. The molecule has 0 aliphatic heterocycles. The Labute approximate surface area is 55.7 Å². The molecular weight excluding hydrogens is 144 g/mol. The van der Waals surface area contributed by atoms with Crippen LogP contribution < -0.4 is 0 Å². The molecule has 0 aliphatic carbocycles. The maximum absolute atomic E-state index is 10.0. The van der Waals surface area contributed by atoms with Crippen molar-refractivity contribution in [3.63, 3.8) is 0 Å². The summed E-state index contributed by atoms with van der Waals surface area (Å²) >= 11 is 0. The van der Waals surface area contributed by atoms with Gasteiger partial charge in [0.2, 0.25) is 0 Å². The summed E-state index contributed by atoms with van der Waals surface area (Å²) in [5.41, 5.74) is 0. The normalized spacial score (nSPS) is 7.70. The standard InChI is InChI=1S/C4H4O6/c1-8-3(6)10-4(7)9-2-5/h2H,1H3. The molecule has 0 radical (unpaired) electrons. The van der Waals surface area contributed by atoms with Gasteiger partial charge in [-0.3, -0.25) is 4.79 Å². The SMILES string of the molecule is COC(=O)OC(=O)OC=O. The number of rotatable bonds is 1. The Morgan fingerprint density at radius 1 is 1.30 bits per heavy atom. The van der Waals surface area contributed by atoms with Crippen molar-refractivity contribution in [3.05, 3.63) is 0 Å². The van der Waals surface area contributed by atoms with Gasteiger partial charge in [-0.25, -0.2) is 9.59 Å². The highest BCUT2D eigenvalue weighted by molar-refractivity contribution is 5.80. The lowest BCUT2D eigenvalue weighted by molar-refractivity contribution is -0.125. The first kappa shape index (κ1) is 8.41. The fourth-order valence-electron chi connectivity index (χ4n) is 0.173. The molecular formula is C4H4O6. The van der Waals surface area contributed by atoms with Crippen LogP contribution in [0.4, 0.5) is 9.59 Å². The van der Waals surface area contributed by atoms with Gasteiger partial charge in [-0.1, -0.05) is 0 Å². The van der Waals surface area contributed by atoms with Gasteiger partial charge in [-0.05, 0) is 0 Å². The molecule has 0 aromatic heterocycles. The van der Waals surface area contributed by atoms with Crippen molar-refractivity contribution < 1.29 is 28.6 Å². The van der Waals surface area contributed by atoms with E-state index in [4.69, 9.17) is 0 Å². The maximum Gasteiger partial charge on any atom is 0.526 e. The quantitative estimate of drug-likeness (QED) is 0.297. The van der Waals surface area contributed by atoms with Crippen LogP contribution in [0.1, 0.15) is 0 Å². The number of carbonyl (C=O) groups excluding carboxylic acids is 3.